The third-order valence-corrected chi connectivity index (χ3v) is 9.45. The molecule has 3 aromatic heterocycles. The molecule has 0 aliphatic rings. The summed E-state index contributed by atoms with van der Waals surface area (Å²) in [5.41, 5.74) is 9.66. The molecule has 0 atom stereocenters. The molecule has 0 radical (unpaired) electrons. The van der Waals surface area contributed by atoms with Crippen LogP contribution < -0.4 is 0 Å². The number of para-hydroxylation sites is 3. The van der Waals surface area contributed by atoms with Crippen LogP contribution >= 0.6 is 0 Å². The number of hydrogen-bond acceptors (Lipinski definition) is 4. The molecule has 0 unspecified atom stereocenters. The summed E-state index contributed by atoms with van der Waals surface area (Å²) < 4.78 is 9.28. The molecule has 0 saturated heterocycles. The first-order valence-corrected chi connectivity index (χ1v) is 16.7. The van der Waals surface area contributed by atoms with Crippen molar-refractivity contribution in [1.29, 1.82) is 0 Å². The molecule has 0 aliphatic heterocycles. The van der Waals surface area contributed by atoms with Gasteiger partial charge in [0.2, 0.25) is 0 Å². The molecule has 0 bridgehead atoms. The molecule has 0 aliphatic carbocycles. The van der Waals surface area contributed by atoms with Crippen molar-refractivity contribution < 1.29 is 4.42 Å². The van der Waals surface area contributed by atoms with Gasteiger partial charge in [-0.25, -0.2) is 15.0 Å². The Morgan fingerprint density at radius 2 is 0.900 bits per heavy atom. The number of nitrogens with zero attached hydrogens (tertiary/aromatic N) is 4. The predicted molar refractivity (Wildman–Crippen MR) is 203 cm³/mol. The highest BCUT2D eigenvalue weighted by Crippen LogP contribution is 2.43. The molecule has 3 heterocycles. The van der Waals surface area contributed by atoms with E-state index in [1.54, 1.807) is 0 Å². The largest absolute Gasteiger partial charge is 0.454 e. The Bertz CT molecular complexity index is 2750. The van der Waals surface area contributed by atoms with Gasteiger partial charge in [0.25, 0.3) is 0 Å². The Hall–Kier alpha value is -6.85. The van der Waals surface area contributed by atoms with Crippen molar-refractivity contribution in [3.63, 3.8) is 0 Å². The first kappa shape index (κ1) is 28.2. The van der Waals surface area contributed by atoms with Crippen LogP contribution in [0.1, 0.15) is 0 Å². The lowest BCUT2D eigenvalue weighted by molar-refractivity contribution is 0.666. The second kappa shape index (κ2) is 11.4. The van der Waals surface area contributed by atoms with Gasteiger partial charge in [-0.05, 0) is 41.5 Å². The van der Waals surface area contributed by atoms with E-state index in [2.05, 4.69) is 108 Å². The van der Waals surface area contributed by atoms with Gasteiger partial charge in [0.15, 0.2) is 23.1 Å². The molecule has 0 spiro atoms. The van der Waals surface area contributed by atoms with Crippen LogP contribution in [0.2, 0.25) is 0 Å². The van der Waals surface area contributed by atoms with Crippen LogP contribution in [0.3, 0.4) is 0 Å². The van der Waals surface area contributed by atoms with Crippen LogP contribution in [-0.2, 0) is 0 Å². The molecular weight excluding hydrogens is 613 g/mol. The van der Waals surface area contributed by atoms with Crippen LogP contribution in [0.4, 0.5) is 0 Å². The van der Waals surface area contributed by atoms with Gasteiger partial charge in [0.05, 0.1) is 16.7 Å². The van der Waals surface area contributed by atoms with Crippen LogP contribution in [0.5, 0.6) is 0 Å². The van der Waals surface area contributed by atoms with Gasteiger partial charge < -0.3 is 8.98 Å². The van der Waals surface area contributed by atoms with Crippen molar-refractivity contribution >= 4 is 43.7 Å². The molecule has 0 fully saturated rings. The van der Waals surface area contributed by atoms with Gasteiger partial charge in [0, 0.05) is 38.2 Å². The average Bonchev–Trinajstić information content (AvgIpc) is 3.74. The number of benzene rings is 7. The lowest BCUT2D eigenvalue weighted by Crippen LogP contribution is -2.00. The number of aromatic nitrogens is 4. The maximum atomic E-state index is 6.97. The fourth-order valence-electron chi connectivity index (χ4n) is 7.17. The van der Waals surface area contributed by atoms with Gasteiger partial charge >= 0.3 is 0 Å². The highest BCUT2D eigenvalue weighted by atomic mass is 16.3. The van der Waals surface area contributed by atoms with Crippen molar-refractivity contribution in [2.45, 2.75) is 0 Å². The molecular formula is C45H28N4O. The maximum absolute atomic E-state index is 6.97. The molecule has 10 rings (SSSR count). The summed E-state index contributed by atoms with van der Waals surface area (Å²) in [6, 6.07) is 58.4. The van der Waals surface area contributed by atoms with Crippen molar-refractivity contribution in [3.05, 3.63) is 170 Å². The molecule has 50 heavy (non-hydrogen) atoms. The van der Waals surface area contributed by atoms with Crippen molar-refractivity contribution in [2.24, 2.45) is 0 Å². The minimum Gasteiger partial charge on any atom is -0.454 e. The number of fused-ring (bicyclic) bond motifs is 6. The van der Waals surface area contributed by atoms with Crippen LogP contribution in [0, 0.1) is 0 Å². The molecule has 7 aromatic carbocycles. The first-order valence-electron chi connectivity index (χ1n) is 16.7. The highest BCUT2D eigenvalue weighted by molar-refractivity contribution is 6.16. The fraction of sp³-hybridized carbons (Fsp3) is 0. The summed E-state index contributed by atoms with van der Waals surface area (Å²) in [7, 11) is 0. The zero-order valence-electron chi connectivity index (χ0n) is 26.9. The smallest absolute Gasteiger partial charge is 0.164 e. The number of furan rings is 1. The van der Waals surface area contributed by atoms with E-state index in [1.807, 2.05) is 66.7 Å². The molecule has 234 valence electrons. The van der Waals surface area contributed by atoms with E-state index >= 15 is 0 Å². The SMILES string of the molecule is c1ccc(-c2cc(-c3nc(-c4ccccc4)nc(-c4ccccc4)n3)c3c(c2)oc2c(-n4c5ccccc5c5ccccc54)cccc23)cc1. The van der Waals surface area contributed by atoms with E-state index in [4.69, 9.17) is 19.4 Å². The van der Waals surface area contributed by atoms with Crippen LogP contribution in [-0.4, -0.2) is 19.5 Å². The zero-order valence-corrected chi connectivity index (χ0v) is 26.9. The van der Waals surface area contributed by atoms with Gasteiger partial charge in [-0.3, -0.25) is 0 Å². The van der Waals surface area contributed by atoms with Crippen molar-refractivity contribution in [3.8, 4) is 51.0 Å². The summed E-state index contributed by atoms with van der Waals surface area (Å²) in [6.45, 7) is 0. The van der Waals surface area contributed by atoms with E-state index in [0.29, 0.717) is 17.5 Å². The standard InChI is InChI=1S/C45H28N4O/c1-4-15-29(16-5-1)32-27-36(45-47-43(30-17-6-2-7-18-30)46-44(48-45)31-19-8-3-9-20-31)41-35-23-14-26-39(42(35)50-40(41)28-32)49-37-24-12-10-21-33(37)34-22-11-13-25-38(34)49/h1-28H. The second-order valence-corrected chi connectivity index (χ2v) is 12.4. The molecule has 5 nitrogen and oxygen atoms in total. The summed E-state index contributed by atoms with van der Waals surface area (Å²) in [5.74, 6) is 1.82. The fourth-order valence-corrected chi connectivity index (χ4v) is 7.17. The number of hydrogen-bond donors (Lipinski definition) is 0. The van der Waals surface area contributed by atoms with Gasteiger partial charge in [-0.1, -0.05) is 140 Å². The van der Waals surface area contributed by atoms with E-state index in [1.165, 1.54) is 10.8 Å². The van der Waals surface area contributed by atoms with E-state index < -0.39 is 0 Å². The second-order valence-electron chi connectivity index (χ2n) is 12.4. The lowest BCUT2D eigenvalue weighted by atomic mass is 9.98. The summed E-state index contributed by atoms with van der Waals surface area (Å²) in [6.07, 6.45) is 0. The Balaban J connectivity index is 1.30. The summed E-state index contributed by atoms with van der Waals surface area (Å²) >= 11 is 0. The summed E-state index contributed by atoms with van der Waals surface area (Å²) in [5, 5.41) is 4.37. The van der Waals surface area contributed by atoms with E-state index in [-0.39, 0.29) is 0 Å². The van der Waals surface area contributed by atoms with E-state index in [9.17, 15) is 0 Å². The third kappa shape index (κ3) is 4.52. The van der Waals surface area contributed by atoms with E-state index in [0.717, 1.165) is 66.5 Å². The Morgan fingerprint density at radius 3 is 1.50 bits per heavy atom. The van der Waals surface area contributed by atoms with Gasteiger partial charge in [-0.2, -0.15) is 0 Å². The first-order chi connectivity index (χ1) is 24.8. The molecule has 10 aromatic rings. The quantitative estimate of drug-likeness (QED) is 0.188. The minimum absolute atomic E-state index is 0.588. The monoisotopic (exact) mass is 640 g/mol. The Labute approximate surface area is 287 Å². The number of rotatable bonds is 5. The van der Waals surface area contributed by atoms with Crippen LogP contribution in [0.25, 0.3) is 94.7 Å². The minimum atomic E-state index is 0.588. The normalized spacial score (nSPS) is 11.6. The Morgan fingerprint density at radius 1 is 0.400 bits per heavy atom. The topological polar surface area (TPSA) is 56.7 Å². The van der Waals surface area contributed by atoms with Gasteiger partial charge in [-0.15, -0.1) is 0 Å². The summed E-state index contributed by atoms with van der Waals surface area (Å²) in [4.78, 5) is 15.3. The lowest BCUT2D eigenvalue weighted by Gasteiger charge is -2.11. The molecule has 0 saturated carbocycles. The zero-order chi connectivity index (χ0) is 33.0. The highest BCUT2D eigenvalue weighted by Gasteiger charge is 2.22. The average molecular weight is 641 g/mol. The van der Waals surface area contributed by atoms with Crippen molar-refractivity contribution in [1.82, 2.24) is 19.5 Å². The Kier molecular flexibility index (Phi) is 6.42. The van der Waals surface area contributed by atoms with Crippen molar-refractivity contribution in [2.75, 3.05) is 0 Å². The predicted octanol–water partition coefficient (Wildman–Crippen LogP) is 11.5. The van der Waals surface area contributed by atoms with Gasteiger partial charge in [0.1, 0.15) is 5.58 Å². The maximum Gasteiger partial charge on any atom is 0.164 e. The molecule has 0 amide bonds. The molecule has 0 N–H and O–H groups in total. The van der Waals surface area contributed by atoms with Crippen LogP contribution in [0.15, 0.2) is 174 Å². The third-order valence-electron chi connectivity index (χ3n) is 9.45. The molecule has 5 heteroatoms.